The monoisotopic (exact) mass is 554 g/mol. The molecular weight excluding hydrogens is 516 g/mol. The molecule has 0 unspecified atom stereocenters. The molecule has 1 heterocycles. The van der Waals surface area contributed by atoms with E-state index in [0.717, 1.165) is 29.7 Å². The highest BCUT2D eigenvalue weighted by Crippen LogP contribution is 2.41. The molecule has 0 saturated carbocycles. The molecule has 8 nitrogen and oxygen atoms in total. The number of nitrogens with zero attached hydrogens (tertiary/aromatic N) is 1. The number of esters is 1. The van der Waals surface area contributed by atoms with Crippen LogP contribution in [0.25, 0.3) is 0 Å². The Hall–Kier alpha value is -3.59. The molecule has 2 aromatic carbocycles. The number of carbonyl (C=O) groups excluding carboxylic acids is 2. The van der Waals surface area contributed by atoms with Gasteiger partial charge < -0.3 is 19.4 Å². The topological polar surface area (TPSA) is 104 Å². The molecule has 3 aromatic rings. The van der Waals surface area contributed by atoms with Crippen LogP contribution in [-0.2, 0) is 31.3 Å². The van der Waals surface area contributed by atoms with Crippen molar-refractivity contribution in [3.05, 3.63) is 83.2 Å². The van der Waals surface area contributed by atoms with E-state index >= 15 is 0 Å². The number of hydrogen-bond donors (Lipinski definition) is 1. The molecular formula is C30H38N2O6S. The van der Waals surface area contributed by atoms with Crippen LogP contribution >= 0.6 is 0 Å². The van der Waals surface area contributed by atoms with Crippen LogP contribution in [0.3, 0.4) is 0 Å². The van der Waals surface area contributed by atoms with E-state index in [1.807, 2.05) is 48.7 Å². The van der Waals surface area contributed by atoms with E-state index in [2.05, 4.69) is 23.9 Å². The van der Waals surface area contributed by atoms with Crippen molar-refractivity contribution in [3.8, 4) is 5.75 Å². The normalized spacial score (nSPS) is 11.7. The zero-order valence-corrected chi connectivity index (χ0v) is 24.1. The van der Waals surface area contributed by atoms with E-state index in [4.69, 9.17) is 4.74 Å². The Balaban J connectivity index is 1.88. The average Bonchev–Trinajstić information content (AvgIpc) is 3.38. The second-order valence-electron chi connectivity index (χ2n) is 9.39. The van der Waals surface area contributed by atoms with Gasteiger partial charge in [0.2, 0.25) is 9.84 Å². The molecule has 0 aliphatic rings. The molecule has 0 bridgehead atoms. The lowest BCUT2D eigenvalue weighted by Gasteiger charge is -2.34. The second kappa shape index (κ2) is 13.0. The van der Waals surface area contributed by atoms with Crippen LogP contribution in [0.2, 0.25) is 0 Å². The molecule has 3 rings (SSSR count). The van der Waals surface area contributed by atoms with Gasteiger partial charge in [0.15, 0.2) is 5.94 Å². The van der Waals surface area contributed by atoms with Crippen molar-refractivity contribution >= 4 is 21.7 Å². The average molecular weight is 555 g/mol. The Kier molecular flexibility index (Phi) is 9.97. The lowest BCUT2D eigenvalue weighted by Crippen LogP contribution is -2.32. The van der Waals surface area contributed by atoms with Gasteiger partial charge in [0.05, 0.1) is 18.4 Å². The van der Waals surface area contributed by atoms with Crippen LogP contribution in [0.15, 0.2) is 65.6 Å². The largest absolute Gasteiger partial charge is 0.477 e. The van der Waals surface area contributed by atoms with E-state index in [9.17, 15) is 18.0 Å². The first-order chi connectivity index (χ1) is 18.6. The summed E-state index contributed by atoms with van der Waals surface area (Å²) >= 11 is 0. The number of ether oxygens (including phenoxy) is 2. The van der Waals surface area contributed by atoms with Gasteiger partial charge in [-0.3, -0.25) is 9.59 Å². The number of sulfone groups is 1. The van der Waals surface area contributed by atoms with Crippen molar-refractivity contribution in [3.63, 3.8) is 0 Å². The third-order valence-corrected chi connectivity index (χ3v) is 8.69. The van der Waals surface area contributed by atoms with Crippen molar-refractivity contribution in [1.29, 1.82) is 0 Å². The third kappa shape index (κ3) is 6.53. The van der Waals surface area contributed by atoms with Gasteiger partial charge in [0.1, 0.15) is 11.4 Å². The first-order valence-electron chi connectivity index (χ1n) is 13.2. The van der Waals surface area contributed by atoms with E-state index < -0.39 is 15.8 Å². The van der Waals surface area contributed by atoms with Gasteiger partial charge in [-0.1, -0.05) is 44.2 Å². The first kappa shape index (κ1) is 30.0. The standard InChI is InChI=1S/C30H38N2O6S/c1-6-30(7-2,27-17-15-25(32(27)8-3)29(34)31-19-18-28(33)37-5)23-14-16-26(22(4)20-23)38-21-39(35,36)24-12-10-9-11-13-24/h9-17,20H,6-8,18-19,21H2,1-5H3,(H,31,34). The fourth-order valence-electron chi connectivity index (χ4n) is 5.01. The third-order valence-electron chi connectivity index (χ3n) is 7.27. The molecule has 1 N–H and O–H groups in total. The maximum Gasteiger partial charge on any atom is 0.307 e. The number of aryl methyl sites for hydroxylation is 1. The van der Waals surface area contributed by atoms with E-state index in [1.165, 1.54) is 7.11 Å². The molecule has 9 heteroatoms. The number of rotatable bonds is 13. The quantitative estimate of drug-likeness (QED) is 0.298. The minimum absolute atomic E-state index is 0.107. The number of benzene rings is 2. The molecule has 0 fully saturated rings. The number of hydrogen-bond acceptors (Lipinski definition) is 6. The Morgan fingerprint density at radius 1 is 0.974 bits per heavy atom. The Labute approximate surface area is 231 Å². The molecule has 0 aliphatic heterocycles. The first-order valence-corrected chi connectivity index (χ1v) is 14.9. The molecule has 1 amide bonds. The highest BCUT2D eigenvalue weighted by atomic mass is 32.2. The van der Waals surface area contributed by atoms with Crippen molar-refractivity contribution in [2.75, 3.05) is 19.6 Å². The summed E-state index contributed by atoms with van der Waals surface area (Å²) in [5.74, 6) is -0.557. The summed E-state index contributed by atoms with van der Waals surface area (Å²) < 4.78 is 37.8. The maximum absolute atomic E-state index is 13.0. The molecule has 1 aromatic heterocycles. The SMILES string of the molecule is CCn1c(C(=O)NCCC(=O)OC)ccc1C(CC)(CC)c1ccc(OCS(=O)(=O)c2ccccc2)c(C)c1. The second-order valence-corrected chi connectivity index (χ2v) is 11.3. The van der Waals surface area contributed by atoms with Crippen LogP contribution in [0.5, 0.6) is 5.75 Å². The highest BCUT2D eigenvalue weighted by Gasteiger charge is 2.35. The minimum Gasteiger partial charge on any atom is -0.477 e. The summed E-state index contributed by atoms with van der Waals surface area (Å²) in [6.45, 7) is 8.95. The number of amides is 1. The van der Waals surface area contributed by atoms with Gasteiger partial charge >= 0.3 is 5.97 Å². The lowest BCUT2D eigenvalue weighted by atomic mass is 9.72. The molecule has 0 radical (unpaired) electrons. The predicted octanol–water partition coefficient (Wildman–Crippen LogP) is 5.03. The number of aromatic nitrogens is 1. The number of nitrogens with one attached hydrogen (secondary N) is 1. The van der Waals surface area contributed by atoms with Crippen molar-refractivity contribution in [2.24, 2.45) is 0 Å². The molecule has 0 atom stereocenters. The fourth-order valence-corrected chi connectivity index (χ4v) is 6.00. The maximum atomic E-state index is 13.0. The van der Waals surface area contributed by atoms with Crippen LogP contribution in [0, 0.1) is 6.92 Å². The summed E-state index contributed by atoms with van der Waals surface area (Å²) in [6, 6.07) is 17.9. The van der Waals surface area contributed by atoms with Crippen molar-refractivity contribution in [2.45, 2.75) is 63.8 Å². The smallest absolute Gasteiger partial charge is 0.307 e. The predicted molar refractivity (Wildman–Crippen MR) is 151 cm³/mol. The zero-order valence-electron chi connectivity index (χ0n) is 23.3. The Morgan fingerprint density at radius 3 is 2.26 bits per heavy atom. The molecule has 0 spiro atoms. The summed E-state index contributed by atoms with van der Waals surface area (Å²) in [4.78, 5) is 24.6. The number of methoxy groups -OCH3 is 1. The molecule has 39 heavy (non-hydrogen) atoms. The lowest BCUT2D eigenvalue weighted by molar-refractivity contribution is -0.140. The van der Waals surface area contributed by atoms with Gasteiger partial charge in [0.25, 0.3) is 5.91 Å². The van der Waals surface area contributed by atoms with E-state index in [1.54, 1.807) is 30.3 Å². The summed E-state index contributed by atoms with van der Waals surface area (Å²) in [7, 11) is -2.26. The summed E-state index contributed by atoms with van der Waals surface area (Å²) in [5.41, 5.74) is 3.07. The minimum atomic E-state index is -3.58. The highest BCUT2D eigenvalue weighted by molar-refractivity contribution is 7.91. The van der Waals surface area contributed by atoms with Crippen LogP contribution in [-0.4, -0.2) is 44.5 Å². The van der Waals surface area contributed by atoms with E-state index in [-0.39, 0.29) is 35.2 Å². The molecule has 210 valence electrons. The summed E-state index contributed by atoms with van der Waals surface area (Å²) in [5, 5.41) is 2.81. The van der Waals surface area contributed by atoms with Gasteiger partial charge in [-0.05, 0) is 68.1 Å². The Morgan fingerprint density at radius 2 is 1.67 bits per heavy atom. The van der Waals surface area contributed by atoms with E-state index in [0.29, 0.717) is 18.0 Å². The van der Waals surface area contributed by atoms with Crippen molar-refractivity contribution < 1.29 is 27.5 Å². The zero-order chi connectivity index (χ0) is 28.6. The molecule has 0 saturated heterocycles. The number of carbonyl (C=O) groups is 2. The summed E-state index contributed by atoms with van der Waals surface area (Å²) in [6.07, 6.45) is 1.69. The van der Waals surface area contributed by atoms with Gasteiger partial charge in [-0.2, -0.15) is 0 Å². The van der Waals surface area contributed by atoms with Crippen LogP contribution in [0.1, 0.15) is 67.3 Å². The fraction of sp³-hybridized carbons (Fsp3) is 0.400. The van der Waals surface area contributed by atoms with Gasteiger partial charge in [-0.15, -0.1) is 0 Å². The van der Waals surface area contributed by atoms with Gasteiger partial charge in [-0.25, -0.2) is 8.42 Å². The van der Waals surface area contributed by atoms with Crippen LogP contribution in [0.4, 0.5) is 0 Å². The Bertz CT molecular complexity index is 1390. The van der Waals surface area contributed by atoms with Crippen LogP contribution < -0.4 is 10.1 Å². The molecule has 0 aliphatic carbocycles. The van der Waals surface area contributed by atoms with Gasteiger partial charge in [0, 0.05) is 24.2 Å². The van der Waals surface area contributed by atoms with Crippen molar-refractivity contribution in [1.82, 2.24) is 9.88 Å².